The molecule has 3 aromatic carbocycles. The number of hydrogen-bond acceptors (Lipinski definition) is 6. The number of fused-ring (bicyclic) bond motifs is 2. The zero-order valence-electron chi connectivity index (χ0n) is 22.1. The van der Waals surface area contributed by atoms with Gasteiger partial charge in [0.2, 0.25) is 0 Å². The molecule has 5 aromatic rings. The standard InChI is InChI=1S/C31H30BrN5O2/c1-20(2)17-26-33-29(36-13-6-14-37(16-15-36)31(38)24-9-5-10-25(32)19-24)27-28(35-39-30(27)34-26)23-12-11-21-7-3-4-8-22(21)18-23/h3-5,7-12,18-20H,6,13-17H2,1-2H3. The maximum atomic E-state index is 13.3. The molecule has 0 aliphatic carbocycles. The summed E-state index contributed by atoms with van der Waals surface area (Å²) >= 11 is 3.48. The number of benzene rings is 3. The highest BCUT2D eigenvalue weighted by molar-refractivity contribution is 9.10. The molecular weight excluding hydrogens is 554 g/mol. The first kappa shape index (κ1) is 25.5. The van der Waals surface area contributed by atoms with Crippen molar-refractivity contribution in [3.05, 3.63) is 82.6 Å². The van der Waals surface area contributed by atoms with Gasteiger partial charge in [-0.3, -0.25) is 4.79 Å². The number of nitrogens with zero attached hydrogens (tertiary/aromatic N) is 5. The number of rotatable bonds is 5. The lowest BCUT2D eigenvalue weighted by Crippen LogP contribution is -2.35. The summed E-state index contributed by atoms with van der Waals surface area (Å²) in [7, 11) is 0. The van der Waals surface area contributed by atoms with Crippen LogP contribution in [0.25, 0.3) is 33.1 Å². The molecule has 0 unspecified atom stereocenters. The normalized spacial score (nSPS) is 14.4. The van der Waals surface area contributed by atoms with Gasteiger partial charge in [0.25, 0.3) is 11.6 Å². The number of amides is 1. The first-order valence-corrected chi connectivity index (χ1v) is 14.2. The van der Waals surface area contributed by atoms with Gasteiger partial charge < -0.3 is 14.3 Å². The Labute approximate surface area is 236 Å². The molecule has 1 fully saturated rings. The summed E-state index contributed by atoms with van der Waals surface area (Å²) in [5, 5.41) is 7.63. The SMILES string of the molecule is CC(C)Cc1nc(N2CCCN(C(=O)c3cccc(Br)c3)CC2)c2c(-c3ccc4ccccc4c3)noc2n1. The lowest BCUT2D eigenvalue weighted by Gasteiger charge is -2.24. The van der Waals surface area contributed by atoms with Gasteiger partial charge in [-0.2, -0.15) is 4.98 Å². The predicted molar refractivity (Wildman–Crippen MR) is 158 cm³/mol. The molecule has 7 nitrogen and oxygen atoms in total. The van der Waals surface area contributed by atoms with E-state index < -0.39 is 0 Å². The second-order valence-electron chi connectivity index (χ2n) is 10.5. The van der Waals surface area contributed by atoms with Crippen molar-refractivity contribution in [2.24, 2.45) is 5.92 Å². The molecule has 8 heteroatoms. The van der Waals surface area contributed by atoms with Crippen LogP contribution in [0.3, 0.4) is 0 Å². The third-order valence-electron chi connectivity index (χ3n) is 7.13. The fourth-order valence-electron chi connectivity index (χ4n) is 5.24. The zero-order valence-corrected chi connectivity index (χ0v) is 23.7. The van der Waals surface area contributed by atoms with E-state index in [1.54, 1.807) is 0 Å². The number of aromatic nitrogens is 3. The van der Waals surface area contributed by atoms with Crippen LogP contribution >= 0.6 is 15.9 Å². The highest BCUT2D eigenvalue weighted by Gasteiger charge is 2.26. The van der Waals surface area contributed by atoms with E-state index in [4.69, 9.17) is 14.5 Å². The van der Waals surface area contributed by atoms with Crippen molar-refractivity contribution in [3.8, 4) is 11.3 Å². The van der Waals surface area contributed by atoms with E-state index in [0.717, 1.165) is 57.5 Å². The fourth-order valence-corrected chi connectivity index (χ4v) is 5.63. The minimum Gasteiger partial charge on any atom is -0.354 e. The molecule has 6 rings (SSSR count). The Hall–Kier alpha value is -3.78. The lowest BCUT2D eigenvalue weighted by molar-refractivity contribution is 0.0767. The van der Waals surface area contributed by atoms with Crippen molar-refractivity contribution >= 4 is 49.5 Å². The lowest BCUT2D eigenvalue weighted by atomic mass is 10.0. The Morgan fingerprint density at radius 3 is 2.62 bits per heavy atom. The summed E-state index contributed by atoms with van der Waals surface area (Å²) in [6.45, 7) is 7.05. The van der Waals surface area contributed by atoms with Crippen molar-refractivity contribution in [2.45, 2.75) is 26.7 Å². The average Bonchev–Trinajstić information content (AvgIpc) is 3.20. The molecule has 3 heterocycles. The molecule has 0 spiro atoms. The van der Waals surface area contributed by atoms with Gasteiger partial charge in [0.05, 0.1) is 0 Å². The number of carbonyl (C=O) groups is 1. The Balaban J connectivity index is 1.38. The predicted octanol–water partition coefficient (Wildman–Crippen LogP) is 6.75. The van der Waals surface area contributed by atoms with Crippen LogP contribution in [0.2, 0.25) is 0 Å². The van der Waals surface area contributed by atoms with E-state index in [9.17, 15) is 4.79 Å². The van der Waals surface area contributed by atoms with Crippen molar-refractivity contribution in [3.63, 3.8) is 0 Å². The van der Waals surface area contributed by atoms with Gasteiger partial charge in [-0.15, -0.1) is 0 Å². The van der Waals surface area contributed by atoms with Gasteiger partial charge in [-0.1, -0.05) is 77.4 Å². The van der Waals surface area contributed by atoms with Crippen molar-refractivity contribution in [1.29, 1.82) is 0 Å². The van der Waals surface area contributed by atoms with Crippen molar-refractivity contribution in [2.75, 3.05) is 31.1 Å². The monoisotopic (exact) mass is 583 g/mol. The number of halogens is 1. The van der Waals surface area contributed by atoms with E-state index in [1.165, 1.54) is 5.39 Å². The average molecular weight is 585 g/mol. The number of carbonyl (C=O) groups excluding carboxylic acids is 1. The molecule has 0 N–H and O–H groups in total. The molecule has 1 aliphatic heterocycles. The fraction of sp³-hybridized carbons (Fsp3) is 0.290. The summed E-state index contributed by atoms with van der Waals surface area (Å²) in [5.41, 5.74) is 2.91. The Morgan fingerprint density at radius 1 is 0.949 bits per heavy atom. The molecule has 198 valence electrons. The van der Waals surface area contributed by atoms with Crippen LogP contribution in [0, 0.1) is 5.92 Å². The van der Waals surface area contributed by atoms with Gasteiger partial charge in [-0.05, 0) is 47.4 Å². The Morgan fingerprint density at radius 2 is 1.79 bits per heavy atom. The number of hydrogen-bond donors (Lipinski definition) is 0. The summed E-state index contributed by atoms with van der Waals surface area (Å²) in [6.07, 6.45) is 1.58. The molecule has 2 aromatic heterocycles. The van der Waals surface area contributed by atoms with Crippen LogP contribution < -0.4 is 4.90 Å². The second-order valence-corrected chi connectivity index (χ2v) is 11.4. The summed E-state index contributed by atoms with van der Waals surface area (Å²) in [5.74, 6) is 2.03. The third-order valence-corrected chi connectivity index (χ3v) is 7.62. The smallest absolute Gasteiger partial charge is 0.263 e. The number of anilines is 1. The van der Waals surface area contributed by atoms with Crippen LogP contribution in [-0.2, 0) is 6.42 Å². The first-order chi connectivity index (χ1) is 19.0. The Kier molecular flexibility index (Phi) is 7.04. The van der Waals surface area contributed by atoms with E-state index >= 15 is 0 Å². The quantitative estimate of drug-likeness (QED) is 0.228. The largest absolute Gasteiger partial charge is 0.354 e. The topological polar surface area (TPSA) is 75.4 Å². The zero-order chi connectivity index (χ0) is 26.9. The minimum absolute atomic E-state index is 0.0494. The Bertz CT molecular complexity index is 1660. The minimum atomic E-state index is 0.0494. The van der Waals surface area contributed by atoms with Crippen LogP contribution in [0.5, 0.6) is 0 Å². The van der Waals surface area contributed by atoms with Gasteiger partial charge >= 0.3 is 0 Å². The van der Waals surface area contributed by atoms with Gasteiger partial charge in [0.1, 0.15) is 22.7 Å². The molecule has 0 saturated carbocycles. The van der Waals surface area contributed by atoms with Crippen molar-refractivity contribution in [1.82, 2.24) is 20.0 Å². The van der Waals surface area contributed by atoms with Crippen LogP contribution in [-0.4, -0.2) is 52.1 Å². The van der Waals surface area contributed by atoms with Crippen LogP contribution in [0.1, 0.15) is 36.5 Å². The summed E-state index contributed by atoms with van der Waals surface area (Å²) < 4.78 is 6.73. The van der Waals surface area contributed by atoms with Gasteiger partial charge in [0, 0.05) is 48.2 Å². The van der Waals surface area contributed by atoms with E-state index in [2.05, 4.69) is 70.2 Å². The van der Waals surface area contributed by atoms with Crippen molar-refractivity contribution < 1.29 is 9.32 Å². The summed E-state index contributed by atoms with van der Waals surface area (Å²) in [4.78, 5) is 27.3. The second kappa shape index (κ2) is 10.8. The molecule has 1 aliphatic rings. The molecule has 0 radical (unpaired) electrons. The molecule has 0 bridgehead atoms. The molecule has 39 heavy (non-hydrogen) atoms. The maximum absolute atomic E-state index is 13.3. The first-order valence-electron chi connectivity index (χ1n) is 13.4. The molecule has 1 amide bonds. The van der Waals surface area contributed by atoms with E-state index in [0.29, 0.717) is 36.8 Å². The highest BCUT2D eigenvalue weighted by atomic mass is 79.9. The maximum Gasteiger partial charge on any atom is 0.263 e. The van der Waals surface area contributed by atoms with E-state index in [-0.39, 0.29) is 5.91 Å². The van der Waals surface area contributed by atoms with Gasteiger partial charge in [0.15, 0.2) is 0 Å². The molecule has 1 saturated heterocycles. The third kappa shape index (κ3) is 5.26. The highest BCUT2D eigenvalue weighted by Crippen LogP contribution is 2.35. The van der Waals surface area contributed by atoms with Crippen LogP contribution in [0.15, 0.2) is 75.7 Å². The van der Waals surface area contributed by atoms with E-state index in [1.807, 2.05) is 41.3 Å². The molecular formula is C31H30BrN5O2. The summed E-state index contributed by atoms with van der Waals surface area (Å²) in [6, 6.07) is 22.2. The van der Waals surface area contributed by atoms with Crippen LogP contribution in [0.4, 0.5) is 5.82 Å². The molecule has 0 atom stereocenters. The van der Waals surface area contributed by atoms with Gasteiger partial charge in [-0.25, -0.2) is 4.98 Å².